The van der Waals surface area contributed by atoms with Crippen LogP contribution in [0.5, 0.6) is 0 Å². The van der Waals surface area contributed by atoms with E-state index in [0.717, 1.165) is 5.56 Å². The van der Waals surface area contributed by atoms with Crippen molar-refractivity contribution in [3.05, 3.63) is 58.0 Å². The first-order chi connectivity index (χ1) is 12.0. The smallest absolute Gasteiger partial charge is 0.230 e. The molecule has 130 valence electrons. The van der Waals surface area contributed by atoms with E-state index in [9.17, 15) is 9.18 Å². The molecular formula is C16H13Cl2FN4OS. The lowest BCUT2D eigenvalue weighted by Gasteiger charge is -2.05. The minimum Gasteiger partial charge on any atom is -0.355 e. The van der Waals surface area contributed by atoms with Gasteiger partial charge in [0.15, 0.2) is 10.8 Å². The van der Waals surface area contributed by atoms with Crippen molar-refractivity contribution >= 4 is 46.5 Å². The van der Waals surface area contributed by atoms with Gasteiger partial charge in [0.05, 0.1) is 15.8 Å². The number of hydrogen-bond donors (Lipinski definition) is 1. The largest absolute Gasteiger partial charge is 0.355 e. The van der Waals surface area contributed by atoms with Crippen LogP contribution in [0.2, 0.25) is 10.0 Å². The third kappa shape index (κ3) is 4.62. The van der Waals surface area contributed by atoms with Crippen molar-refractivity contribution in [2.45, 2.75) is 11.6 Å². The second-order valence-electron chi connectivity index (χ2n) is 5.20. The van der Waals surface area contributed by atoms with Gasteiger partial charge in [-0.05, 0) is 30.2 Å². The Morgan fingerprint density at radius 2 is 2.00 bits per heavy atom. The van der Waals surface area contributed by atoms with Gasteiger partial charge < -0.3 is 5.32 Å². The number of hydrogen-bond acceptors (Lipinski definition) is 4. The van der Waals surface area contributed by atoms with E-state index in [1.54, 1.807) is 28.8 Å². The Morgan fingerprint density at radius 3 is 2.76 bits per heavy atom. The lowest BCUT2D eigenvalue weighted by molar-refractivity contribution is -0.118. The molecule has 0 saturated heterocycles. The van der Waals surface area contributed by atoms with E-state index in [0.29, 0.717) is 33.8 Å². The number of aromatic nitrogens is 3. The molecule has 25 heavy (non-hydrogen) atoms. The van der Waals surface area contributed by atoms with Crippen LogP contribution in [0.4, 0.5) is 4.39 Å². The van der Waals surface area contributed by atoms with Gasteiger partial charge in [-0.1, -0.05) is 47.1 Å². The molecule has 0 unspecified atom stereocenters. The standard InChI is InChI=1S/C16H13Cl2FN4OS/c17-11-7-13(18)15-21-22-16(23(15)8-11)25-9-14(24)20-6-5-10-1-3-12(19)4-2-10/h1-4,7-8H,5-6,9H2,(H,20,24). The summed E-state index contributed by atoms with van der Waals surface area (Å²) in [6, 6.07) is 7.79. The fourth-order valence-corrected chi connectivity index (χ4v) is 3.43. The summed E-state index contributed by atoms with van der Waals surface area (Å²) in [6.45, 7) is 0.475. The predicted molar refractivity (Wildman–Crippen MR) is 96.8 cm³/mol. The Labute approximate surface area is 157 Å². The average molecular weight is 399 g/mol. The maximum Gasteiger partial charge on any atom is 0.230 e. The van der Waals surface area contributed by atoms with Gasteiger partial charge in [0.2, 0.25) is 5.91 Å². The molecule has 0 aliphatic heterocycles. The minimum atomic E-state index is -0.273. The number of benzene rings is 1. The minimum absolute atomic E-state index is 0.128. The molecule has 2 heterocycles. The Kier molecular flexibility index (Phi) is 5.78. The topological polar surface area (TPSA) is 59.3 Å². The summed E-state index contributed by atoms with van der Waals surface area (Å²) in [5, 5.41) is 12.2. The number of thioether (sulfide) groups is 1. The Morgan fingerprint density at radius 1 is 1.24 bits per heavy atom. The van der Waals surface area contributed by atoms with Crippen molar-refractivity contribution in [3.8, 4) is 0 Å². The van der Waals surface area contributed by atoms with Gasteiger partial charge in [0.25, 0.3) is 0 Å². The molecule has 1 amide bonds. The van der Waals surface area contributed by atoms with Crippen LogP contribution in [0.1, 0.15) is 5.56 Å². The summed E-state index contributed by atoms with van der Waals surface area (Å²) >= 11 is 13.3. The van der Waals surface area contributed by atoms with E-state index in [1.165, 1.54) is 23.9 Å². The van der Waals surface area contributed by atoms with Crippen molar-refractivity contribution in [1.29, 1.82) is 0 Å². The van der Waals surface area contributed by atoms with Gasteiger partial charge in [-0.15, -0.1) is 10.2 Å². The Bertz CT molecular complexity index is 901. The van der Waals surface area contributed by atoms with E-state index in [4.69, 9.17) is 23.2 Å². The maximum absolute atomic E-state index is 12.8. The van der Waals surface area contributed by atoms with Gasteiger partial charge in [-0.25, -0.2) is 4.39 Å². The molecule has 0 radical (unpaired) electrons. The molecule has 9 heteroatoms. The van der Waals surface area contributed by atoms with Gasteiger partial charge in [-0.2, -0.15) is 0 Å². The van der Waals surface area contributed by atoms with Crippen molar-refractivity contribution in [3.63, 3.8) is 0 Å². The molecule has 3 aromatic rings. The number of carbonyl (C=O) groups is 1. The lowest BCUT2D eigenvalue weighted by atomic mass is 10.1. The van der Waals surface area contributed by atoms with Crippen molar-refractivity contribution in [2.24, 2.45) is 0 Å². The first-order valence-corrected chi connectivity index (χ1v) is 9.11. The Hall–Kier alpha value is -1.83. The van der Waals surface area contributed by atoms with Crippen LogP contribution in [-0.4, -0.2) is 32.8 Å². The number of carbonyl (C=O) groups excluding carboxylic acids is 1. The molecule has 1 aromatic carbocycles. The Balaban J connectivity index is 1.51. The SMILES string of the molecule is O=C(CSc1nnc2c(Cl)cc(Cl)cn12)NCCc1ccc(F)cc1. The molecule has 1 N–H and O–H groups in total. The van der Waals surface area contributed by atoms with Crippen LogP contribution in [0, 0.1) is 5.82 Å². The highest BCUT2D eigenvalue weighted by molar-refractivity contribution is 7.99. The van der Waals surface area contributed by atoms with E-state index in [2.05, 4.69) is 15.5 Å². The zero-order valence-corrected chi connectivity index (χ0v) is 15.2. The second kappa shape index (κ2) is 8.03. The number of fused-ring (bicyclic) bond motifs is 1. The zero-order chi connectivity index (χ0) is 17.8. The third-order valence-corrected chi connectivity index (χ3v) is 4.80. The first-order valence-electron chi connectivity index (χ1n) is 7.36. The van der Waals surface area contributed by atoms with E-state index < -0.39 is 0 Å². The summed E-state index contributed by atoms with van der Waals surface area (Å²) in [4.78, 5) is 12.0. The molecule has 0 spiro atoms. The highest BCUT2D eigenvalue weighted by Gasteiger charge is 2.12. The molecule has 2 aromatic heterocycles. The molecule has 0 aliphatic carbocycles. The second-order valence-corrected chi connectivity index (χ2v) is 6.98. The third-order valence-electron chi connectivity index (χ3n) is 3.38. The summed E-state index contributed by atoms with van der Waals surface area (Å²) in [6.07, 6.45) is 2.29. The monoisotopic (exact) mass is 398 g/mol. The van der Waals surface area contributed by atoms with Crippen LogP contribution in [0.15, 0.2) is 41.7 Å². The zero-order valence-electron chi connectivity index (χ0n) is 12.9. The molecule has 0 atom stereocenters. The summed E-state index contributed by atoms with van der Waals surface area (Å²) in [5.41, 5.74) is 1.45. The highest BCUT2D eigenvalue weighted by atomic mass is 35.5. The molecule has 0 fully saturated rings. The molecule has 0 aliphatic rings. The molecular weight excluding hydrogens is 386 g/mol. The van der Waals surface area contributed by atoms with Crippen molar-refractivity contribution < 1.29 is 9.18 Å². The summed E-state index contributed by atoms with van der Waals surface area (Å²) in [5.74, 6) is -0.212. The van der Waals surface area contributed by atoms with Gasteiger partial charge >= 0.3 is 0 Å². The van der Waals surface area contributed by atoms with Gasteiger partial charge in [-0.3, -0.25) is 9.20 Å². The number of halogens is 3. The summed E-state index contributed by atoms with van der Waals surface area (Å²) < 4.78 is 14.5. The molecule has 0 bridgehead atoms. The van der Waals surface area contributed by atoms with Crippen molar-refractivity contribution in [1.82, 2.24) is 19.9 Å². The summed E-state index contributed by atoms with van der Waals surface area (Å²) in [7, 11) is 0. The average Bonchev–Trinajstić information content (AvgIpc) is 2.98. The van der Waals surface area contributed by atoms with Crippen LogP contribution in [-0.2, 0) is 11.2 Å². The predicted octanol–water partition coefficient (Wildman–Crippen LogP) is 3.63. The fourth-order valence-electron chi connectivity index (χ4n) is 2.18. The van der Waals surface area contributed by atoms with E-state index >= 15 is 0 Å². The van der Waals surface area contributed by atoms with Crippen molar-refractivity contribution in [2.75, 3.05) is 12.3 Å². The number of nitrogens with one attached hydrogen (secondary N) is 1. The first kappa shape index (κ1) is 18.0. The lowest BCUT2D eigenvalue weighted by Crippen LogP contribution is -2.27. The quantitative estimate of drug-likeness (QED) is 0.644. The number of amides is 1. The van der Waals surface area contributed by atoms with Gasteiger partial charge in [0, 0.05) is 12.7 Å². The fraction of sp³-hybridized carbons (Fsp3) is 0.188. The van der Waals surface area contributed by atoms with Crippen LogP contribution < -0.4 is 5.32 Å². The van der Waals surface area contributed by atoms with Crippen LogP contribution >= 0.6 is 35.0 Å². The maximum atomic E-state index is 12.8. The highest BCUT2D eigenvalue weighted by Crippen LogP contribution is 2.25. The van der Waals surface area contributed by atoms with Gasteiger partial charge in [0.1, 0.15) is 5.82 Å². The molecule has 3 rings (SSSR count). The van der Waals surface area contributed by atoms with E-state index in [1.807, 2.05) is 0 Å². The van der Waals surface area contributed by atoms with E-state index in [-0.39, 0.29) is 17.5 Å². The number of nitrogens with zero attached hydrogens (tertiary/aromatic N) is 3. The molecule has 0 saturated carbocycles. The van der Waals surface area contributed by atoms with Crippen LogP contribution in [0.3, 0.4) is 0 Å². The number of rotatable bonds is 6. The molecule has 5 nitrogen and oxygen atoms in total. The number of pyridine rings is 1. The van der Waals surface area contributed by atoms with Crippen LogP contribution in [0.25, 0.3) is 5.65 Å². The normalized spacial score (nSPS) is 11.0.